The molecule has 2 N–H and O–H groups in total. The van der Waals surface area contributed by atoms with Gasteiger partial charge in [0.05, 0.1) is 6.04 Å². The van der Waals surface area contributed by atoms with Crippen LogP contribution in [0.1, 0.15) is 30.4 Å². The number of H-pyrrole nitrogens is 1. The number of likely N-dealkylation sites (tertiary alicyclic amines) is 1. The first kappa shape index (κ1) is 20.8. The number of hydrogen-bond donors (Lipinski definition) is 2. The van der Waals surface area contributed by atoms with Gasteiger partial charge in [-0.3, -0.25) is 14.6 Å². The zero-order chi connectivity index (χ0) is 21.8. The minimum absolute atomic E-state index is 0.0993. The maximum absolute atomic E-state index is 13.1. The summed E-state index contributed by atoms with van der Waals surface area (Å²) in [5.41, 5.74) is -0.874. The number of aryl methyl sites for hydroxylation is 1. The smallest absolute Gasteiger partial charge is 0.328 e. The Balaban J connectivity index is 1.62. The Morgan fingerprint density at radius 3 is 2.19 bits per heavy atom. The molecule has 0 spiro atoms. The van der Waals surface area contributed by atoms with Crippen molar-refractivity contribution in [3.8, 4) is 0 Å². The van der Waals surface area contributed by atoms with Gasteiger partial charge in [-0.05, 0) is 24.0 Å². The summed E-state index contributed by atoms with van der Waals surface area (Å²) in [6.07, 6.45) is 2.95. The summed E-state index contributed by atoms with van der Waals surface area (Å²) in [6, 6.07) is 19.7. The van der Waals surface area contributed by atoms with Crippen LogP contribution in [0.2, 0.25) is 0 Å². The number of rotatable bonds is 6. The molecule has 1 fully saturated rings. The Labute approximate surface area is 179 Å². The van der Waals surface area contributed by atoms with Gasteiger partial charge in [-0.1, -0.05) is 60.7 Å². The highest BCUT2D eigenvalue weighted by molar-refractivity contribution is 5.77. The van der Waals surface area contributed by atoms with E-state index in [1.165, 1.54) is 16.8 Å². The van der Waals surface area contributed by atoms with E-state index in [1.54, 1.807) is 4.90 Å². The predicted molar refractivity (Wildman–Crippen MR) is 117 cm³/mol. The first-order valence-corrected chi connectivity index (χ1v) is 10.4. The van der Waals surface area contributed by atoms with Crippen LogP contribution in [0.25, 0.3) is 0 Å². The Hall–Kier alpha value is -3.45. The standard InChI is InChI=1S/C24H25N3O4/c28-21-13-16-26(23(30)25-21)17-14-22(29)27-15-7-12-20(27)24(31,18-8-3-1-4-9-18)19-10-5-2-6-11-19/h1-6,8-11,13,16,20,31H,7,12,14-15,17H2,(H,25,28,30)/t20-/m0/s1. The Bertz CT molecular complexity index is 1110. The monoisotopic (exact) mass is 419 g/mol. The molecule has 4 rings (SSSR count). The van der Waals surface area contributed by atoms with E-state index in [2.05, 4.69) is 4.98 Å². The zero-order valence-corrected chi connectivity index (χ0v) is 17.1. The number of aromatic nitrogens is 2. The van der Waals surface area contributed by atoms with Gasteiger partial charge in [-0.25, -0.2) is 4.79 Å². The number of nitrogens with one attached hydrogen (secondary N) is 1. The number of aromatic amines is 1. The fourth-order valence-corrected chi connectivity index (χ4v) is 4.42. The van der Waals surface area contributed by atoms with Crippen LogP contribution in [0.4, 0.5) is 0 Å². The summed E-state index contributed by atoms with van der Waals surface area (Å²) in [5.74, 6) is -0.133. The molecular weight excluding hydrogens is 394 g/mol. The van der Waals surface area contributed by atoms with Crippen LogP contribution in [0, 0.1) is 0 Å². The van der Waals surface area contributed by atoms with E-state index in [9.17, 15) is 19.5 Å². The maximum atomic E-state index is 13.1. The van der Waals surface area contributed by atoms with Crippen LogP contribution in [0.15, 0.2) is 82.5 Å². The molecule has 2 aromatic carbocycles. The first-order chi connectivity index (χ1) is 15.0. The number of aliphatic hydroxyl groups is 1. The average molecular weight is 419 g/mol. The Morgan fingerprint density at radius 1 is 1.00 bits per heavy atom. The molecule has 0 aliphatic carbocycles. The third-order valence-corrected chi connectivity index (χ3v) is 5.95. The summed E-state index contributed by atoms with van der Waals surface area (Å²) < 4.78 is 1.31. The molecule has 1 atom stereocenters. The molecule has 31 heavy (non-hydrogen) atoms. The van der Waals surface area contributed by atoms with Gasteiger partial charge in [0.2, 0.25) is 5.91 Å². The highest BCUT2D eigenvalue weighted by Crippen LogP contribution is 2.40. The largest absolute Gasteiger partial charge is 0.378 e. The molecule has 1 amide bonds. The van der Waals surface area contributed by atoms with Crippen molar-refractivity contribution in [2.24, 2.45) is 0 Å². The number of benzene rings is 2. The van der Waals surface area contributed by atoms with Gasteiger partial charge in [0, 0.05) is 31.8 Å². The SMILES string of the molecule is O=C(CCn1ccc(=O)[nH]c1=O)N1CCC[C@H]1C(O)(c1ccccc1)c1ccccc1. The molecule has 0 bridgehead atoms. The summed E-state index contributed by atoms with van der Waals surface area (Å²) >= 11 is 0. The molecule has 7 nitrogen and oxygen atoms in total. The zero-order valence-electron chi connectivity index (χ0n) is 17.1. The molecule has 160 valence electrons. The van der Waals surface area contributed by atoms with Crippen LogP contribution >= 0.6 is 0 Å². The number of hydrogen-bond acceptors (Lipinski definition) is 4. The van der Waals surface area contributed by atoms with E-state index in [-0.39, 0.29) is 18.9 Å². The lowest BCUT2D eigenvalue weighted by Crippen LogP contribution is -2.50. The number of amides is 1. The van der Waals surface area contributed by atoms with E-state index >= 15 is 0 Å². The van der Waals surface area contributed by atoms with Crippen molar-refractivity contribution in [2.45, 2.75) is 37.5 Å². The van der Waals surface area contributed by atoms with Crippen molar-refractivity contribution >= 4 is 5.91 Å². The Morgan fingerprint density at radius 2 is 1.61 bits per heavy atom. The van der Waals surface area contributed by atoms with E-state index < -0.39 is 22.9 Å². The summed E-state index contributed by atoms with van der Waals surface area (Å²) in [7, 11) is 0. The fourth-order valence-electron chi connectivity index (χ4n) is 4.42. The van der Waals surface area contributed by atoms with Gasteiger partial charge >= 0.3 is 5.69 Å². The molecule has 0 radical (unpaired) electrons. The fraction of sp³-hybridized carbons (Fsp3) is 0.292. The highest BCUT2D eigenvalue weighted by Gasteiger charge is 2.46. The lowest BCUT2D eigenvalue weighted by atomic mass is 9.79. The molecule has 1 aliphatic rings. The summed E-state index contributed by atoms with van der Waals surface area (Å²) in [4.78, 5) is 40.2. The molecule has 1 aliphatic heterocycles. The normalized spacial score (nSPS) is 16.4. The van der Waals surface area contributed by atoms with Crippen molar-refractivity contribution in [3.05, 3.63) is 105 Å². The lowest BCUT2D eigenvalue weighted by Gasteiger charge is -2.40. The topological polar surface area (TPSA) is 95.4 Å². The van der Waals surface area contributed by atoms with Gasteiger partial charge in [0.15, 0.2) is 0 Å². The lowest BCUT2D eigenvalue weighted by molar-refractivity contribution is -0.137. The molecule has 1 aromatic heterocycles. The van der Waals surface area contributed by atoms with Crippen LogP contribution < -0.4 is 11.2 Å². The van der Waals surface area contributed by atoms with Crippen molar-refractivity contribution in [1.29, 1.82) is 0 Å². The van der Waals surface area contributed by atoms with Crippen LogP contribution in [-0.4, -0.2) is 38.1 Å². The predicted octanol–water partition coefficient (Wildman–Crippen LogP) is 1.85. The minimum Gasteiger partial charge on any atom is -0.378 e. The van der Waals surface area contributed by atoms with Crippen molar-refractivity contribution in [1.82, 2.24) is 14.5 Å². The molecule has 0 saturated carbocycles. The van der Waals surface area contributed by atoms with Crippen LogP contribution in [0.3, 0.4) is 0 Å². The van der Waals surface area contributed by atoms with Gasteiger partial charge in [0.1, 0.15) is 5.60 Å². The maximum Gasteiger partial charge on any atom is 0.328 e. The van der Waals surface area contributed by atoms with Crippen molar-refractivity contribution in [3.63, 3.8) is 0 Å². The number of carbonyl (C=O) groups excluding carboxylic acids is 1. The minimum atomic E-state index is -1.34. The quantitative estimate of drug-likeness (QED) is 0.638. The van der Waals surface area contributed by atoms with Crippen LogP contribution in [-0.2, 0) is 16.9 Å². The molecule has 3 aromatic rings. The molecule has 0 unspecified atom stereocenters. The van der Waals surface area contributed by atoms with E-state index in [0.717, 1.165) is 17.5 Å². The Kier molecular flexibility index (Phi) is 5.86. The van der Waals surface area contributed by atoms with E-state index in [4.69, 9.17) is 0 Å². The highest BCUT2D eigenvalue weighted by atomic mass is 16.3. The van der Waals surface area contributed by atoms with Gasteiger partial charge in [0.25, 0.3) is 5.56 Å². The number of nitrogens with zero attached hydrogens (tertiary/aromatic N) is 2. The third-order valence-electron chi connectivity index (χ3n) is 5.95. The summed E-state index contributed by atoms with van der Waals surface area (Å²) in [6.45, 7) is 0.707. The second kappa shape index (κ2) is 8.73. The number of carbonyl (C=O) groups is 1. The van der Waals surface area contributed by atoms with E-state index in [1.807, 2.05) is 60.7 Å². The van der Waals surface area contributed by atoms with Crippen molar-refractivity contribution in [2.75, 3.05) is 6.54 Å². The van der Waals surface area contributed by atoms with Gasteiger partial charge in [-0.2, -0.15) is 0 Å². The molecular formula is C24H25N3O4. The summed E-state index contributed by atoms with van der Waals surface area (Å²) in [5, 5.41) is 12.0. The van der Waals surface area contributed by atoms with Gasteiger partial charge in [-0.15, -0.1) is 0 Å². The van der Waals surface area contributed by atoms with Crippen LogP contribution in [0.5, 0.6) is 0 Å². The molecule has 1 saturated heterocycles. The third kappa shape index (κ3) is 4.09. The van der Waals surface area contributed by atoms with Gasteiger partial charge < -0.3 is 14.6 Å². The average Bonchev–Trinajstić information content (AvgIpc) is 3.29. The molecule has 7 heteroatoms. The van der Waals surface area contributed by atoms with Crippen molar-refractivity contribution < 1.29 is 9.90 Å². The first-order valence-electron chi connectivity index (χ1n) is 10.4. The second-order valence-electron chi connectivity index (χ2n) is 7.80. The van der Waals surface area contributed by atoms with E-state index in [0.29, 0.717) is 13.0 Å². The second-order valence-corrected chi connectivity index (χ2v) is 7.80. The molecule has 2 heterocycles.